The minimum Gasteiger partial charge on any atom is -0.355 e. The SMILES string of the molecule is CN=C(NCc1csc(N(C)C)n1)NCC1(C)CCCS1.I. The predicted octanol–water partition coefficient (Wildman–Crippen LogP) is 2.78. The van der Waals surface area contributed by atoms with Crippen molar-refractivity contribution in [1.82, 2.24) is 15.6 Å². The number of aliphatic imine (C=N–C) groups is 1. The largest absolute Gasteiger partial charge is 0.355 e. The molecule has 1 aromatic heterocycles. The molecule has 126 valence electrons. The van der Waals surface area contributed by atoms with E-state index in [4.69, 9.17) is 0 Å². The first kappa shape index (κ1) is 19.8. The van der Waals surface area contributed by atoms with E-state index < -0.39 is 0 Å². The van der Waals surface area contributed by atoms with Gasteiger partial charge in [-0.05, 0) is 25.5 Å². The molecule has 1 unspecified atom stereocenters. The van der Waals surface area contributed by atoms with Gasteiger partial charge in [-0.3, -0.25) is 4.99 Å². The van der Waals surface area contributed by atoms with Crippen molar-refractivity contribution in [3.05, 3.63) is 11.1 Å². The Kier molecular flexibility index (Phi) is 8.26. The monoisotopic (exact) mass is 455 g/mol. The second-order valence-corrected chi connectivity index (χ2v) is 8.22. The number of thioether (sulfide) groups is 1. The van der Waals surface area contributed by atoms with Crippen LogP contribution in [0.5, 0.6) is 0 Å². The molecule has 2 rings (SSSR count). The molecule has 1 aromatic rings. The van der Waals surface area contributed by atoms with Gasteiger partial charge in [-0.2, -0.15) is 11.8 Å². The summed E-state index contributed by atoms with van der Waals surface area (Å²) in [5.74, 6) is 2.12. The first-order valence-corrected chi connectivity index (χ1v) is 9.09. The van der Waals surface area contributed by atoms with Crippen LogP contribution in [-0.4, -0.2) is 49.1 Å². The molecule has 0 aromatic carbocycles. The molecular formula is C14H26IN5S2. The van der Waals surface area contributed by atoms with Gasteiger partial charge in [0.25, 0.3) is 0 Å². The summed E-state index contributed by atoms with van der Waals surface area (Å²) in [5, 5.41) is 9.89. The lowest BCUT2D eigenvalue weighted by molar-refractivity contribution is 0.584. The van der Waals surface area contributed by atoms with E-state index >= 15 is 0 Å². The molecule has 1 atom stereocenters. The maximum absolute atomic E-state index is 4.56. The van der Waals surface area contributed by atoms with Crippen molar-refractivity contribution < 1.29 is 0 Å². The molecule has 0 saturated carbocycles. The lowest BCUT2D eigenvalue weighted by atomic mass is 10.1. The molecule has 0 amide bonds. The Bertz CT molecular complexity index is 483. The van der Waals surface area contributed by atoms with Crippen molar-refractivity contribution in [2.75, 3.05) is 38.3 Å². The van der Waals surface area contributed by atoms with Crippen LogP contribution in [0.4, 0.5) is 5.13 Å². The molecule has 1 saturated heterocycles. The van der Waals surface area contributed by atoms with Crippen molar-refractivity contribution in [3.8, 4) is 0 Å². The van der Waals surface area contributed by atoms with E-state index in [0.29, 0.717) is 11.3 Å². The van der Waals surface area contributed by atoms with Crippen molar-refractivity contribution >= 4 is 58.2 Å². The topological polar surface area (TPSA) is 52.6 Å². The zero-order chi connectivity index (χ0) is 15.3. The number of hydrogen-bond donors (Lipinski definition) is 2. The van der Waals surface area contributed by atoms with E-state index in [9.17, 15) is 0 Å². The summed E-state index contributed by atoms with van der Waals surface area (Å²) >= 11 is 3.72. The Morgan fingerprint density at radius 3 is 2.77 bits per heavy atom. The maximum Gasteiger partial charge on any atom is 0.191 e. The molecule has 5 nitrogen and oxygen atoms in total. The van der Waals surface area contributed by atoms with Crippen molar-refractivity contribution in [2.24, 2.45) is 4.99 Å². The molecule has 1 fully saturated rings. The van der Waals surface area contributed by atoms with Gasteiger partial charge in [0.05, 0.1) is 12.2 Å². The van der Waals surface area contributed by atoms with Gasteiger partial charge in [0.2, 0.25) is 0 Å². The summed E-state index contributed by atoms with van der Waals surface area (Å²) in [6.45, 7) is 3.99. The van der Waals surface area contributed by atoms with E-state index in [0.717, 1.165) is 23.3 Å². The average molecular weight is 455 g/mol. The van der Waals surface area contributed by atoms with Gasteiger partial charge in [0.1, 0.15) is 0 Å². The van der Waals surface area contributed by atoms with Gasteiger partial charge < -0.3 is 15.5 Å². The number of hydrogen-bond acceptors (Lipinski definition) is 5. The van der Waals surface area contributed by atoms with Gasteiger partial charge in [-0.1, -0.05) is 0 Å². The molecule has 0 spiro atoms. The maximum atomic E-state index is 4.56. The third-order valence-corrected chi connectivity index (χ3v) is 6.11. The molecule has 1 aliphatic rings. The lowest BCUT2D eigenvalue weighted by Crippen LogP contribution is -2.43. The van der Waals surface area contributed by atoms with Gasteiger partial charge in [-0.25, -0.2) is 4.98 Å². The van der Waals surface area contributed by atoms with Crippen LogP contribution in [0, 0.1) is 0 Å². The standard InChI is InChI=1S/C14H25N5S2.HI/c1-14(6-5-7-21-14)10-17-12(15-2)16-8-11-9-20-13(18-11)19(3)4;/h9H,5-8,10H2,1-4H3,(H2,15,16,17);1H. The zero-order valence-corrected chi connectivity index (χ0v) is 17.6. The van der Waals surface area contributed by atoms with E-state index in [1.165, 1.54) is 18.6 Å². The number of guanidine groups is 1. The van der Waals surface area contributed by atoms with Crippen LogP contribution in [0.15, 0.2) is 10.4 Å². The molecule has 0 aliphatic carbocycles. The zero-order valence-electron chi connectivity index (χ0n) is 13.7. The van der Waals surface area contributed by atoms with Crippen LogP contribution < -0.4 is 15.5 Å². The predicted molar refractivity (Wildman–Crippen MR) is 110 cm³/mol. The van der Waals surface area contributed by atoms with Crippen molar-refractivity contribution in [2.45, 2.75) is 31.1 Å². The number of nitrogens with zero attached hydrogens (tertiary/aromatic N) is 3. The van der Waals surface area contributed by atoms with E-state index in [1.54, 1.807) is 11.3 Å². The first-order valence-electron chi connectivity index (χ1n) is 7.23. The summed E-state index contributed by atoms with van der Waals surface area (Å²) in [5.41, 5.74) is 1.05. The summed E-state index contributed by atoms with van der Waals surface area (Å²) < 4.78 is 0.344. The molecule has 2 heterocycles. The molecule has 2 N–H and O–H groups in total. The minimum atomic E-state index is 0. The van der Waals surface area contributed by atoms with Gasteiger partial charge in [0.15, 0.2) is 11.1 Å². The number of aromatic nitrogens is 1. The number of nitrogens with one attached hydrogen (secondary N) is 2. The molecular weight excluding hydrogens is 429 g/mol. The fourth-order valence-electron chi connectivity index (χ4n) is 2.22. The van der Waals surface area contributed by atoms with E-state index in [1.807, 2.05) is 26.0 Å². The minimum absolute atomic E-state index is 0. The van der Waals surface area contributed by atoms with E-state index in [2.05, 4.69) is 44.7 Å². The number of anilines is 1. The number of halogens is 1. The highest BCUT2D eigenvalue weighted by molar-refractivity contribution is 14.0. The Balaban J connectivity index is 0.00000242. The van der Waals surface area contributed by atoms with Crippen LogP contribution in [0.25, 0.3) is 0 Å². The van der Waals surface area contributed by atoms with Crippen LogP contribution in [-0.2, 0) is 6.54 Å². The number of rotatable bonds is 5. The van der Waals surface area contributed by atoms with Crippen LogP contribution in [0.2, 0.25) is 0 Å². The summed E-state index contributed by atoms with van der Waals surface area (Å²) in [6, 6.07) is 0. The van der Waals surface area contributed by atoms with Gasteiger partial charge in [-0.15, -0.1) is 35.3 Å². The van der Waals surface area contributed by atoms with E-state index in [-0.39, 0.29) is 24.0 Å². The van der Waals surface area contributed by atoms with Crippen LogP contribution in [0.1, 0.15) is 25.5 Å². The third kappa shape index (κ3) is 5.77. The van der Waals surface area contributed by atoms with Crippen molar-refractivity contribution in [1.29, 1.82) is 0 Å². The highest BCUT2D eigenvalue weighted by atomic mass is 127. The molecule has 0 radical (unpaired) electrons. The second-order valence-electron chi connectivity index (χ2n) is 5.70. The Morgan fingerprint density at radius 1 is 1.45 bits per heavy atom. The highest BCUT2D eigenvalue weighted by Crippen LogP contribution is 2.36. The number of thiazole rings is 1. The second kappa shape index (κ2) is 9.17. The third-order valence-electron chi connectivity index (χ3n) is 3.51. The molecule has 8 heteroatoms. The van der Waals surface area contributed by atoms with Crippen LogP contribution in [0.3, 0.4) is 0 Å². The lowest BCUT2D eigenvalue weighted by Gasteiger charge is -2.24. The normalized spacial score (nSPS) is 21.4. The summed E-state index contributed by atoms with van der Waals surface area (Å²) in [6.07, 6.45) is 2.60. The van der Waals surface area contributed by atoms with Gasteiger partial charge in [0, 0.05) is 37.8 Å². The van der Waals surface area contributed by atoms with Gasteiger partial charge >= 0.3 is 0 Å². The average Bonchev–Trinajstić information content (AvgIpc) is 3.08. The quantitative estimate of drug-likeness (QED) is 0.406. The molecule has 0 bridgehead atoms. The first-order chi connectivity index (χ1) is 10.0. The summed E-state index contributed by atoms with van der Waals surface area (Å²) in [7, 11) is 5.83. The van der Waals surface area contributed by atoms with Crippen LogP contribution >= 0.6 is 47.1 Å². The fourth-order valence-corrected chi connectivity index (χ4v) is 4.23. The molecule has 1 aliphatic heterocycles. The highest BCUT2D eigenvalue weighted by Gasteiger charge is 2.29. The Labute approximate surface area is 158 Å². The summed E-state index contributed by atoms with van der Waals surface area (Å²) in [4.78, 5) is 10.9. The smallest absolute Gasteiger partial charge is 0.191 e. The Morgan fingerprint density at radius 2 is 2.23 bits per heavy atom. The Hall–Kier alpha value is -0.220. The molecule has 22 heavy (non-hydrogen) atoms. The van der Waals surface area contributed by atoms with Crippen molar-refractivity contribution in [3.63, 3.8) is 0 Å². The fraction of sp³-hybridized carbons (Fsp3) is 0.714.